The summed E-state index contributed by atoms with van der Waals surface area (Å²) in [6, 6.07) is 10.8. The SMILES string of the molecule is [N-]=[N+]=NC(CON1C(=O)c2ccccc2C1=O)c1ccc([N+](=O)[O-])cc1. The summed E-state index contributed by atoms with van der Waals surface area (Å²) in [7, 11) is 0. The number of fused-ring (bicyclic) bond motifs is 1. The van der Waals surface area contributed by atoms with Gasteiger partial charge in [0.2, 0.25) is 0 Å². The van der Waals surface area contributed by atoms with Crippen LogP contribution in [0.1, 0.15) is 32.3 Å². The van der Waals surface area contributed by atoms with Gasteiger partial charge in [-0.3, -0.25) is 24.5 Å². The first-order valence-electron chi connectivity index (χ1n) is 7.42. The van der Waals surface area contributed by atoms with Crippen LogP contribution in [0.4, 0.5) is 5.69 Å². The number of hydroxylamine groups is 2. The number of carbonyl (C=O) groups excluding carboxylic acids is 2. The van der Waals surface area contributed by atoms with E-state index in [-0.39, 0.29) is 23.4 Å². The van der Waals surface area contributed by atoms with Gasteiger partial charge < -0.3 is 0 Å². The molecule has 26 heavy (non-hydrogen) atoms. The third kappa shape index (κ3) is 3.09. The van der Waals surface area contributed by atoms with Gasteiger partial charge in [-0.1, -0.05) is 29.4 Å². The summed E-state index contributed by atoms with van der Waals surface area (Å²) in [4.78, 5) is 42.6. The molecule has 0 aromatic heterocycles. The number of rotatable bonds is 6. The Balaban J connectivity index is 1.76. The lowest BCUT2D eigenvalue weighted by Crippen LogP contribution is -2.31. The van der Waals surface area contributed by atoms with Crippen LogP contribution in [0.5, 0.6) is 0 Å². The number of hydrogen-bond acceptors (Lipinski definition) is 6. The van der Waals surface area contributed by atoms with Crippen molar-refractivity contribution in [2.75, 3.05) is 6.61 Å². The van der Waals surface area contributed by atoms with E-state index in [4.69, 9.17) is 10.4 Å². The number of azide groups is 1. The second-order valence-electron chi connectivity index (χ2n) is 5.32. The van der Waals surface area contributed by atoms with Gasteiger partial charge >= 0.3 is 0 Å². The first kappa shape index (κ1) is 17.1. The van der Waals surface area contributed by atoms with Crippen LogP contribution in [0.3, 0.4) is 0 Å². The smallest absolute Gasteiger partial charge is 0.266 e. The average Bonchev–Trinajstić information content (AvgIpc) is 2.90. The van der Waals surface area contributed by atoms with Gasteiger partial charge in [-0.25, -0.2) is 0 Å². The van der Waals surface area contributed by atoms with E-state index < -0.39 is 22.8 Å². The summed E-state index contributed by atoms with van der Waals surface area (Å²) in [5, 5.41) is 14.9. The van der Waals surface area contributed by atoms with Crippen molar-refractivity contribution in [1.29, 1.82) is 0 Å². The highest BCUT2D eigenvalue weighted by Crippen LogP contribution is 2.26. The maximum absolute atomic E-state index is 12.2. The van der Waals surface area contributed by atoms with Crippen LogP contribution in [-0.2, 0) is 4.84 Å². The van der Waals surface area contributed by atoms with E-state index in [2.05, 4.69) is 10.0 Å². The van der Waals surface area contributed by atoms with Crippen molar-refractivity contribution in [2.45, 2.75) is 6.04 Å². The largest absolute Gasteiger partial charge is 0.285 e. The molecule has 1 unspecified atom stereocenters. The molecule has 2 aromatic rings. The number of nitro benzene ring substituents is 1. The van der Waals surface area contributed by atoms with Gasteiger partial charge in [0, 0.05) is 17.0 Å². The first-order chi connectivity index (χ1) is 12.5. The van der Waals surface area contributed by atoms with Crippen LogP contribution in [0.25, 0.3) is 10.4 Å². The van der Waals surface area contributed by atoms with E-state index in [1.807, 2.05) is 0 Å². The summed E-state index contributed by atoms with van der Waals surface area (Å²) in [6.07, 6.45) is 0. The number of benzene rings is 2. The first-order valence-corrected chi connectivity index (χ1v) is 7.42. The molecule has 1 atom stereocenters. The van der Waals surface area contributed by atoms with Crippen LogP contribution in [-0.4, -0.2) is 28.4 Å². The molecule has 0 saturated heterocycles. The highest BCUT2D eigenvalue weighted by Gasteiger charge is 2.36. The van der Waals surface area contributed by atoms with Crippen LogP contribution in [0, 0.1) is 10.1 Å². The van der Waals surface area contributed by atoms with Gasteiger partial charge in [0.25, 0.3) is 17.5 Å². The lowest BCUT2D eigenvalue weighted by Gasteiger charge is -2.17. The van der Waals surface area contributed by atoms with Crippen molar-refractivity contribution >= 4 is 17.5 Å². The standard InChI is InChI=1S/C16H11N5O5/c17-19-18-14(10-5-7-11(8-6-10)21(24)25)9-26-20-15(22)12-3-1-2-4-13(12)16(20)23/h1-8,14H,9H2. The zero-order valence-electron chi connectivity index (χ0n) is 13.2. The molecule has 1 aliphatic rings. The third-order valence-electron chi connectivity index (χ3n) is 3.80. The predicted molar refractivity (Wildman–Crippen MR) is 87.9 cm³/mol. The lowest BCUT2D eigenvalue weighted by molar-refractivity contribution is -0.384. The summed E-state index contributed by atoms with van der Waals surface area (Å²) in [5.41, 5.74) is 9.52. The fraction of sp³-hybridized carbons (Fsp3) is 0.125. The zero-order valence-corrected chi connectivity index (χ0v) is 13.2. The van der Waals surface area contributed by atoms with Gasteiger partial charge in [-0.15, -0.1) is 5.06 Å². The van der Waals surface area contributed by atoms with Crippen LogP contribution >= 0.6 is 0 Å². The molecule has 0 fully saturated rings. The van der Waals surface area contributed by atoms with E-state index >= 15 is 0 Å². The Morgan fingerprint density at radius 2 is 1.69 bits per heavy atom. The molecule has 0 aliphatic carbocycles. The van der Waals surface area contributed by atoms with Gasteiger partial charge in [0.15, 0.2) is 0 Å². The minimum atomic E-state index is -0.870. The van der Waals surface area contributed by atoms with Crippen molar-refractivity contribution in [3.8, 4) is 0 Å². The van der Waals surface area contributed by atoms with Crippen LogP contribution in [0.15, 0.2) is 53.6 Å². The molecule has 0 bridgehead atoms. The monoisotopic (exact) mass is 353 g/mol. The molecule has 1 heterocycles. The fourth-order valence-electron chi connectivity index (χ4n) is 2.51. The molecule has 2 aromatic carbocycles. The van der Waals surface area contributed by atoms with E-state index in [1.54, 1.807) is 12.1 Å². The Morgan fingerprint density at radius 1 is 1.12 bits per heavy atom. The molecule has 3 rings (SSSR count). The number of nitrogens with zero attached hydrogens (tertiary/aromatic N) is 5. The molecule has 130 valence electrons. The number of non-ortho nitro benzene ring substituents is 1. The normalized spacial score (nSPS) is 13.9. The Bertz CT molecular complexity index is 901. The van der Waals surface area contributed by atoms with Crippen molar-refractivity contribution < 1.29 is 19.3 Å². The Hall–Kier alpha value is -3.75. The maximum atomic E-state index is 12.2. The van der Waals surface area contributed by atoms with Crippen LogP contribution in [0.2, 0.25) is 0 Å². The summed E-state index contributed by atoms with van der Waals surface area (Å²) < 4.78 is 0. The molecular weight excluding hydrogens is 342 g/mol. The molecule has 0 radical (unpaired) electrons. The van der Waals surface area contributed by atoms with Gasteiger partial charge in [0.1, 0.15) is 0 Å². The zero-order chi connectivity index (χ0) is 18.7. The molecule has 0 N–H and O–H groups in total. The quantitative estimate of drug-likeness (QED) is 0.196. The topological polar surface area (TPSA) is 139 Å². The number of hydrogen-bond donors (Lipinski definition) is 0. The highest BCUT2D eigenvalue weighted by atomic mass is 16.7. The number of carbonyl (C=O) groups is 2. The van der Waals surface area contributed by atoms with Crippen LogP contribution < -0.4 is 0 Å². The highest BCUT2D eigenvalue weighted by molar-refractivity contribution is 6.20. The Labute approximate surface area is 146 Å². The predicted octanol–water partition coefficient (Wildman–Crippen LogP) is 3.17. The third-order valence-corrected chi connectivity index (χ3v) is 3.80. The van der Waals surface area contributed by atoms with Gasteiger partial charge in [-0.2, -0.15) is 0 Å². The van der Waals surface area contributed by atoms with Gasteiger partial charge in [-0.05, 0) is 23.2 Å². The van der Waals surface area contributed by atoms with Crippen molar-refractivity contribution in [1.82, 2.24) is 5.06 Å². The van der Waals surface area contributed by atoms with Crippen molar-refractivity contribution in [3.63, 3.8) is 0 Å². The van der Waals surface area contributed by atoms with E-state index in [0.29, 0.717) is 10.6 Å². The van der Waals surface area contributed by atoms with E-state index in [0.717, 1.165) is 0 Å². The molecule has 0 saturated carbocycles. The average molecular weight is 353 g/mol. The molecule has 1 aliphatic heterocycles. The van der Waals surface area contributed by atoms with E-state index in [1.165, 1.54) is 36.4 Å². The fourth-order valence-corrected chi connectivity index (χ4v) is 2.51. The van der Waals surface area contributed by atoms with Crippen molar-refractivity contribution in [2.24, 2.45) is 5.11 Å². The van der Waals surface area contributed by atoms with Crippen molar-refractivity contribution in [3.05, 3.63) is 85.8 Å². The molecule has 2 amide bonds. The Morgan fingerprint density at radius 3 is 2.19 bits per heavy atom. The summed E-state index contributed by atoms with van der Waals surface area (Å²) in [6.45, 7) is -0.284. The number of imide groups is 1. The Kier molecular flexibility index (Phi) is 4.61. The second-order valence-corrected chi connectivity index (χ2v) is 5.32. The van der Waals surface area contributed by atoms with E-state index in [9.17, 15) is 19.7 Å². The van der Waals surface area contributed by atoms with Gasteiger partial charge in [0.05, 0.1) is 28.7 Å². The molecule has 10 heteroatoms. The minimum Gasteiger partial charge on any atom is -0.266 e. The molecule has 10 nitrogen and oxygen atoms in total. The maximum Gasteiger partial charge on any atom is 0.285 e. The summed E-state index contributed by atoms with van der Waals surface area (Å²) in [5.74, 6) is -1.21. The number of amides is 2. The molecule has 0 spiro atoms. The lowest BCUT2D eigenvalue weighted by atomic mass is 10.1. The summed E-state index contributed by atoms with van der Waals surface area (Å²) >= 11 is 0. The minimum absolute atomic E-state index is 0.116. The second kappa shape index (κ2) is 7.01. The number of nitro groups is 1. The molecular formula is C16H11N5O5.